The average Bonchev–Trinajstić information content (AvgIpc) is 3.02. The van der Waals surface area contributed by atoms with Crippen molar-refractivity contribution in [3.8, 4) is 17.2 Å². The highest BCUT2D eigenvalue weighted by atomic mass is 16.5. The minimum Gasteiger partial charge on any atom is -0.497 e. The quantitative estimate of drug-likeness (QED) is 0.819. The number of carbonyl (C=O) groups excluding carboxylic acids is 2. The Bertz CT molecular complexity index is 807. The van der Waals surface area contributed by atoms with E-state index in [2.05, 4.69) is 10.6 Å². The maximum atomic E-state index is 12.1. The number of amides is 3. The summed E-state index contributed by atoms with van der Waals surface area (Å²) in [6.45, 7) is 3.14. The summed E-state index contributed by atoms with van der Waals surface area (Å²) in [7, 11) is 1.60. The first kappa shape index (κ1) is 18.6. The van der Waals surface area contributed by atoms with E-state index in [1.807, 2.05) is 25.1 Å². The highest BCUT2D eigenvalue weighted by Gasteiger charge is 2.29. The Kier molecular flexibility index (Phi) is 5.80. The van der Waals surface area contributed by atoms with Gasteiger partial charge in [-0.25, -0.2) is 4.79 Å². The Morgan fingerprint density at radius 1 is 1.15 bits per heavy atom. The SMILES string of the molecule is CCN1C[C@H](NC(=O)Nc2ccc(Oc3cccc(OC)c3)cc2)CC1=O. The summed E-state index contributed by atoms with van der Waals surface area (Å²) in [5.74, 6) is 2.10. The summed E-state index contributed by atoms with van der Waals surface area (Å²) in [4.78, 5) is 25.6. The van der Waals surface area contributed by atoms with Crippen molar-refractivity contribution in [1.29, 1.82) is 0 Å². The Morgan fingerprint density at radius 2 is 1.89 bits per heavy atom. The zero-order valence-electron chi connectivity index (χ0n) is 15.4. The number of nitrogens with one attached hydrogen (secondary N) is 2. The van der Waals surface area contributed by atoms with Crippen LogP contribution in [-0.4, -0.2) is 43.1 Å². The van der Waals surface area contributed by atoms with Gasteiger partial charge in [-0.3, -0.25) is 4.79 Å². The van der Waals surface area contributed by atoms with Crippen molar-refractivity contribution in [1.82, 2.24) is 10.2 Å². The van der Waals surface area contributed by atoms with Crippen LogP contribution in [0.4, 0.5) is 10.5 Å². The van der Waals surface area contributed by atoms with Crippen molar-refractivity contribution in [2.75, 3.05) is 25.5 Å². The second kappa shape index (κ2) is 8.44. The molecule has 2 aromatic carbocycles. The molecule has 0 aliphatic carbocycles. The van der Waals surface area contributed by atoms with Gasteiger partial charge in [-0.05, 0) is 43.3 Å². The summed E-state index contributed by atoms with van der Waals surface area (Å²) in [5.41, 5.74) is 0.641. The Balaban J connectivity index is 1.53. The number of nitrogens with zero attached hydrogens (tertiary/aromatic N) is 1. The minimum atomic E-state index is -0.327. The normalized spacial score (nSPS) is 16.1. The fraction of sp³-hybridized carbons (Fsp3) is 0.300. The largest absolute Gasteiger partial charge is 0.497 e. The summed E-state index contributed by atoms with van der Waals surface area (Å²) < 4.78 is 10.9. The molecule has 7 nitrogen and oxygen atoms in total. The zero-order chi connectivity index (χ0) is 19.2. The van der Waals surface area contributed by atoms with E-state index in [1.165, 1.54) is 0 Å². The molecule has 27 heavy (non-hydrogen) atoms. The molecule has 7 heteroatoms. The van der Waals surface area contributed by atoms with Crippen molar-refractivity contribution >= 4 is 17.6 Å². The van der Waals surface area contributed by atoms with Crippen molar-refractivity contribution in [2.45, 2.75) is 19.4 Å². The van der Waals surface area contributed by atoms with Gasteiger partial charge in [0.05, 0.1) is 13.2 Å². The number of likely N-dealkylation sites (N-methyl/N-ethyl adjacent to an activating group) is 1. The van der Waals surface area contributed by atoms with Crippen LogP contribution >= 0.6 is 0 Å². The molecular formula is C20H23N3O4. The van der Waals surface area contributed by atoms with E-state index in [9.17, 15) is 9.59 Å². The Hall–Kier alpha value is -3.22. The molecule has 0 unspecified atom stereocenters. The van der Waals surface area contributed by atoms with Gasteiger partial charge in [0.2, 0.25) is 5.91 Å². The van der Waals surface area contributed by atoms with Gasteiger partial charge >= 0.3 is 6.03 Å². The lowest BCUT2D eigenvalue weighted by Crippen LogP contribution is -2.39. The molecule has 142 valence electrons. The monoisotopic (exact) mass is 369 g/mol. The van der Waals surface area contributed by atoms with E-state index in [1.54, 1.807) is 42.3 Å². The van der Waals surface area contributed by atoms with Crippen LogP contribution in [0.2, 0.25) is 0 Å². The van der Waals surface area contributed by atoms with Gasteiger partial charge in [0.25, 0.3) is 0 Å². The Labute approximate surface area is 158 Å². The molecule has 1 aliphatic heterocycles. The number of methoxy groups -OCH3 is 1. The fourth-order valence-corrected chi connectivity index (χ4v) is 2.93. The van der Waals surface area contributed by atoms with Crippen LogP contribution in [0.3, 0.4) is 0 Å². The smallest absolute Gasteiger partial charge is 0.319 e. The predicted molar refractivity (Wildman–Crippen MR) is 102 cm³/mol. The number of hydrogen-bond donors (Lipinski definition) is 2. The molecule has 0 aromatic heterocycles. The molecule has 0 radical (unpaired) electrons. The molecule has 1 saturated heterocycles. The molecule has 1 heterocycles. The molecule has 1 fully saturated rings. The number of rotatable bonds is 6. The van der Waals surface area contributed by atoms with E-state index in [0.717, 1.165) is 5.75 Å². The average molecular weight is 369 g/mol. The van der Waals surface area contributed by atoms with Gasteiger partial charge < -0.3 is 25.0 Å². The first-order valence-electron chi connectivity index (χ1n) is 8.84. The van der Waals surface area contributed by atoms with Gasteiger partial charge in [0.1, 0.15) is 17.2 Å². The first-order valence-corrected chi connectivity index (χ1v) is 8.84. The summed E-state index contributed by atoms with van der Waals surface area (Å²) in [5, 5.41) is 5.60. The third-order valence-electron chi connectivity index (χ3n) is 4.32. The maximum absolute atomic E-state index is 12.1. The predicted octanol–water partition coefficient (Wildman–Crippen LogP) is 3.23. The van der Waals surface area contributed by atoms with Crippen LogP contribution in [0, 0.1) is 0 Å². The van der Waals surface area contributed by atoms with Crippen LogP contribution in [0.5, 0.6) is 17.2 Å². The van der Waals surface area contributed by atoms with Crippen LogP contribution in [0.1, 0.15) is 13.3 Å². The molecule has 0 saturated carbocycles. The minimum absolute atomic E-state index is 0.0712. The number of likely N-dealkylation sites (tertiary alicyclic amines) is 1. The van der Waals surface area contributed by atoms with Gasteiger partial charge in [0, 0.05) is 31.3 Å². The van der Waals surface area contributed by atoms with Crippen LogP contribution in [0.25, 0.3) is 0 Å². The molecule has 2 N–H and O–H groups in total. The van der Waals surface area contributed by atoms with Gasteiger partial charge in [-0.2, -0.15) is 0 Å². The summed E-state index contributed by atoms with van der Waals surface area (Å²) in [6.07, 6.45) is 0.342. The number of urea groups is 1. The molecule has 0 spiro atoms. The lowest BCUT2D eigenvalue weighted by Gasteiger charge is -2.15. The summed E-state index contributed by atoms with van der Waals surface area (Å²) in [6, 6.07) is 13.9. The number of carbonyl (C=O) groups is 2. The lowest BCUT2D eigenvalue weighted by molar-refractivity contribution is -0.127. The van der Waals surface area contributed by atoms with Gasteiger partial charge in [-0.1, -0.05) is 6.07 Å². The Morgan fingerprint density at radius 3 is 2.56 bits per heavy atom. The first-order chi connectivity index (χ1) is 13.1. The lowest BCUT2D eigenvalue weighted by atomic mass is 10.2. The topological polar surface area (TPSA) is 79.9 Å². The molecular weight excluding hydrogens is 346 g/mol. The van der Waals surface area contributed by atoms with Gasteiger partial charge in [-0.15, -0.1) is 0 Å². The van der Waals surface area contributed by atoms with E-state index in [0.29, 0.717) is 36.7 Å². The van der Waals surface area contributed by atoms with Crippen molar-refractivity contribution in [3.63, 3.8) is 0 Å². The number of hydrogen-bond acceptors (Lipinski definition) is 4. The highest BCUT2D eigenvalue weighted by Crippen LogP contribution is 2.26. The van der Waals surface area contributed by atoms with Crippen molar-refractivity contribution in [2.24, 2.45) is 0 Å². The molecule has 1 atom stereocenters. The fourth-order valence-electron chi connectivity index (χ4n) is 2.93. The molecule has 2 aromatic rings. The van der Waals surface area contributed by atoms with E-state index in [-0.39, 0.29) is 18.0 Å². The second-order valence-electron chi connectivity index (χ2n) is 6.24. The van der Waals surface area contributed by atoms with Crippen molar-refractivity contribution in [3.05, 3.63) is 48.5 Å². The van der Waals surface area contributed by atoms with E-state index < -0.39 is 0 Å². The van der Waals surface area contributed by atoms with Crippen LogP contribution in [-0.2, 0) is 4.79 Å². The molecule has 3 amide bonds. The number of ether oxygens (including phenoxy) is 2. The third-order valence-corrected chi connectivity index (χ3v) is 4.32. The third kappa shape index (κ3) is 4.91. The van der Waals surface area contributed by atoms with Crippen molar-refractivity contribution < 1.29 is 19.1 Å². The number of anilines is 1. The highest BCUT2D eigenvalue weighted by molar-refractivity contribution is 5.90. The standard InChI is InChI=1S/C20H23N3O4/c1-3-23-13-15(11-19(23)24)22-20(25)21-14-7-9-16(10-8-14)27-18-6-4-5-17(12-18)26-2/h4-10,12,15H,3,11,13H2,1-2H3,(H2,21,22,25)/t15-/m1/s1. The molecule has 1 aliphatic rings. The zero-order valence-corrected chi connectivity index (χ0v) is 15.4. The van der Waals surface area contributed by atoms with Crippen LogP contribution in [0.15, 0.2) is 48.5 Å². The maximum Gasteiger partial charge on any atom is 0.319 e. The number of benzene rings is 2. The summed E-state index contributed by atoms with van der Waals surface area (Å²) >= 11 is 0. The van der Waals surface area contributed by atoms with Crippen LogP contribution < -0.4 is 20.1 Å². The second-order valence-corrected chi connectivity index (χ2v) is 6.24. The van der Waals surface area contributed by atoms with E-state index >= 15 is 0 Å². The van der Waals surface area contributed by atoms with E-state index in [4.69, 9.17) is 9.47 Å². The molecule has 3 rings (SSSR count). The molecule has 0 bridgehead atoms. The van der Waals surface area contributed by atoms with Gasteiger partial charge in [0.15, 0.2) is 0 Å².